The highest BCUT2D eigenvalue weighted by Crippen LogP contribution is 2.37. The van der Waals surface area contributed by atoms with E-state index in [1.807, 2.05) is 12.3 Å². The highest BCUT2D eigenvalue weighted by molar-refractivity contribution is 9.10. The number of hydrogen-bond acceptors (Lipinski definition) is 2. The summed E-state index contributed by atoms with van der Waals surface area (Å²) >= 11 is 3.54. The molecule has 0 bridgehead atoms. The summed E-state index contributed by atoms with van der Waals surface area (Å²) < 4.78 is 1.18. The Morgan fingerprint density at radius 2 is 2.10 bits per heavy atom. The number of nitrogens with zero attached hydrogens (tertiary/aromatic N) is 1. The summed E-state index contributed by atoms with van der Waals surface area (Å²) in [6.07, 6.45) is 4.32. The third-order valence-corrected chi connectivity index (χ3v) is 4.63. The molecule has 0 radical (unpaired) electrons. The molecule has 2 nitrogen and oxygen atoms in total. The second-order valence-corrected chi connectivity index (χ2v) is 6.48. The summed E-state index contributed by atoms with van der Waals surface area (Å²) in [4.78, 5) is 4.43. The highest BCUT2D eigenvalue weighted by atomic mass is 79.9. The Hall–Kier alpha value is -1.19. The Kier molecular flexibility index (Phi) is 4.18. The quantitative estimate of drug-likeness (QED) is 0.909. The number of pyridine rings is 1. The van der Waals surface area contributed by atoms with Gasteiger partial charge >= 0.3 is 0 Å². The molecule has 2 aromatic rings. The van der Waals surface area contributed by atoms with Gasteiger partial charge in [0.05, 0.1) is 5.69 Å². The van der Waals surface area contributed by atoms with Gasteiger partial charge in [-0.05, 0) is 55.0 Å². The van der Waals surface area contributed by atoms with Gasteiger partial charge in [0.2, 0.25) is 0 Å². The minimum atomic E-state index is 0.625. The molecule has 3 heteroatoms. The van der Waals surface area contributed by atoms with Crippen LogP contribution in [0.3, 0.4) is 0 Å². The van der Waals surface area contributed by atoms with Gasteiger partial charge in [-0.1, -0.05) is 34.1 Å². The lowest BCUT2D eigenvalue weighted by atomic mass is 9.76. The Bertz CT molecular complexity index is 591. The first-order chi connectivity index (χ1) is 9.72. The average molecular weight is 331 g/mol. The van der Waals surface area contributed by atoms with E-state index >= 15 is 0 Å². The third-order valence-electron chi connectivity index (χ3n) is 4.13. The molecule has 0 spiro atoms. The first-order valence-corrected chi connectivity index (χ1v) is 7.91. The largest absolute Gasteiger partial charge is 0.308 e. The Morgan fingerprint density at radius 3 is 2.85 bits per heavy atom. The fraction of sp³-hybridized carbons (Fsp3) is 0.353. The van der Waals surface area contributed by atoms with Gasteiger partial charge in [-0.15, -0.1) is 0 Å². The van der Waals surface area contributed by atoms with E-state index in [1.54, 1.807) is 0 Å². The zero-order valence-corrected chi connectivity index (χ0v) is 13.2. The summed E-state index contributed by atoms with van der Waals surface area (Å²) in [7, 11) is 0. The van der Waals surface area contributed by atoms with Crippen molar-refractivity contribution in [3.8, 4) is 0 Å². The summed E-state index contributed by atoms with van der Waals surface area (Å²) in [5.74, 6) is 0.704. The number of nitrogens with one attached hydrogen (secondary N) is 1. The molecule has 1 saturated carbocycles. The molecule has 1 aliphatic rings. The maximum Gasteiger partial charge on any atom is 0.0570 e. The van der Waals surface area contributed by atoms with Crippen LogP contribution in [0.4, 0.5) is 0 Å². The van der Waals surface area contributed by atoms with Crippen LogP contribution < -0.4 is 5.32 Å². The van der Waals surface area contributed by atoms with E-state index in [9.17, 15) is 0 Å². The second kappa shape index (κ2) is 6.06. The van der Waals surface area contributed by atoms with Crippen LogP contribution in [-0.4, -0.2) is 11.0 Å². The zero-order chi connectivity index (χ0) is 13.9. The van der Waals surface area contributed by atoms with Crippen LogP contribution in [0.5, 0.6) is 0 Å². The van der Waals surface area contributed by atoms with E-state index in [0.717, 1.165) is 6.54 Å². The molecule has 0 aliphatic heterocycles. The summed E-state index contributed by atoms with van der Waals surface area (Å²) in [6, 6.07) is 13.4. The Balaban J connectivity index is 1.50. The van der Waals surface area contributed by atoms with Crippen LogP contribution in [0, 0.1) is 6.92 Å². The van der Waals surface area contributed by atoms with Crippen molar-refractivity contribution in [3.63, 3.8) is 0 Å². The number of rotatable bonds is 4. The summed E-state index contributed by atoms with van der Waals surface area (Å²) in [6.45, 7) is 3.00. The van der Waals surface area contributed by atoms with Crippen molar-refractivity contribution >= 4 is 15.9 Å². The average Bonchev–Trinajstić information content (AvgIpc) is 2.39. The molecule has 1 aromatic heterocycles. The zero-order valence-electron chi connectivity index (χ0n) is 11.6. The molecule has 1 aliphatic carbocycles. The van der Waals surface area contributed by atoms with Gasteiger partial charge in [-0.25, -0.2) is 0 Å². The molecule has 0 atom stereocenters. The molecule has 1 fully saturated rings. The first-order valence-electron chi connectivity index (χ1n) is 7.11. The van der Waals surface area contributed by atoms with Gasteiger partial charge < -0.3 is 5.32 Å². The molecule has 1 heterocycles. The predicted octanol–water partition coefficient (Wildman–Crippen LogP) is 4.19. The van der Waals surface area contributed by atoms with Gasteiger partial charge in [-0.2, -0.15) is 0 Å². The molecular formula is C17H19BrN2. The van der Waals surface area contributed by atoms with E-state index in [2.05, 4.69) is 63.5 Å². The molecule has 3 rings (SSSR count). The van der Waals surface area contributed by atoms with E-state index in [0.29, 0.717) is 12.0 Å². The number of hydrogen-bond donors (Lipinski definition) is 1. The SMILES string of the molecule is Cc1cccnc1CNC1CC(c2cccc(Br)c2)C1. The van der Waals surface area contributed by atoms with Gasteiger partial charge in [0.15, 0.2) is 0 Å². The molecular weight excluding hydrogens is 312 g/mol. The van der Waals surface area contributed by atoms with Crippen molar-refractivity contribution in [2.45, 2.75) is 38.3 Å². The summed E-state index contributed by atoms with van der Waals surface area (Å²) in [5, 5.41) is 3.62. The van der Waals surface area contributed by atoms with E-state index in [4.69, 9.17) is 0 Å². The maximum atomic E-state index is 4.43. The molecule has 0 saturated heterocycles. The highest BCUT2D eigenvalue weighted by Gasteiger charge is 2.29. The minimum absolute atomic E-state index is 0.625. The Labute approximate surface area is 128 Å². The molecule has 20 heavy (non-hydrogen) atoms. The van der Waals surface area contributed by atoms with Gasteiger partial charge in [0, 0.05) is 23.3 Å². The summed E-state index contributed by atoms with van der Waals surface area (Å²) in [5.41, 5.74) is 3.88. The predicted molar refractivity (Wildman–Crippen MR) is 85.7 cm³/mol. The van der Waals surface area contributed by atoms with Crippen LogP contribution >= 0.6 is 15.9 Å². The lowest BCUT2D eigenvalue weighted by Gasteiger charge is -2.36. The number of halogens is 1. The van der Waals surface area contributed by atoms with Crippen molar-refractivity contribution in [1.29, 1.82) is 0 Å². The van der Waals surface area contributed by atoms with Crippen LogP contribution in [0.1, 0.15) is 35.6 Å². The molecule has 1 N–H and O–H groups in total. The third kappa shape index (κ3) is 3.10. The number of benzene rings is 1. The van der Waals surface area contributed by atoms with Crippen LogP contribution in [0.15, 0.2) is 47.1 Å². The molecule has 1 aromatic carbocycles. The van der Waals surface area contributed by atoms with Crippen molar-refractivity contribution in [2.24, 2.45) is 0 Å². The van der Waals surface area contributed by atoms with Crippen molar-refractivity contribution in [2.75, 3.05) is 0 Å². The lowest BCUT2D eigenvalue weighted by molar-refractivity contribution is 0.288. The van der Waals surface area contributed by atoms with Gasteiger partial charge in [0.25, 0.3) is 0 Å². The maximum absolute atomic E-state index is 4.43. The second-order valence-electron chi connectivity index (χ2n) is 5.57. The van der Waals surface area contributed by atoms with Crippen molar-refractivity contribution in [1.82, 2.24) is 10.3 Å². The van der Waals surface area contributed by atoms with E-state index in [1.165, 1.54) is 34.1 Å². The standard InChI is InChI=1S/C17H19BrN2/c1-12-4-3-7-19-17(12)11-20-16-9-14(10-16)13-5-2-6-15(18)8-13/h2-8,14,16,20H,9-11H2,1H3. The molecule has 104 valence electrons. The Morgan fingerprint density at radius 1 is 1.25 bits per heavy atom. The molecule has 0 amide bonds. The minimum Gasteiger partial charge on any atom is -0.308 e. The van der Waals surface area contributed by atoms with Crippen LogP contribution in [0.25, 0.3) is 0 Å². The fourth-order valence-electron chi connectivity index (χ4n) is 2.76. The topological polar surface area (TPSA) is 24.9 Å². The first kappa shape index (κ1) is 13.8. The van der Waals surface area contributed by atoms with Crippen molar-refractivity contribution < 1.29 is 0 Å². The number of aromatic nitrogens is 1. The van der Waals surface area contributed by atoms with Gasteiger partial charge in [0.1, 0.15) is 0 Å². The fourth-order valence-corrected chi connectivity index (χ4v) is 3.18. The number of aryl methyl sites for hydroxylation is 1. The lowest BCUT2D eigenvalue weighted by Crippen LogP contribution is -2.39. The van der Waals surface area contributed by atoms with E-state index in [-0.39, 0.29) is 0 Å². The van der Waals surface area contributed by atoms with Crippen molar-refractivity contribution in [3.05, 3.63) is 63.9 Å². The van der Waals surface area contributed by atoms with Crippen LogP contribution in [0.2, 0.25) is 0 Å². The van der Waals surface area contributed by atoms with Crippen LogP contribution in [-0.2, 0) is 6.54 Å². The van der Waals surface area contributed by atoms with E-state index < -0.39 is 0 Å². The monoisotopic (exact) mass is 330 g/mol. The molecule has 0 unspecified atom stereocenters. The smallest absolute Gasteiger partial charge is 0.0570 e. The van der Waals surface area contributed by atoms with Gasteiger partial charge in [-0.3, -0.25) is 4.98 Å². The normalized spacial score (nSPS) is 21.5.